The fourth-order valence-corrected chi connectivity index (χ4v) is 4.01. The molecule has 28 heavy (non-hydrogen) atoms. The van der Waals surface area contributed by atoms with Gasteiger partial charge in [-0.25, -0.2) is 0 Å². The summed E-state index contributed by atoms with van der Waals surface area (Å²) in [5.41, 5.74) is 6.12. The number of rotatable bonds is 5. The van der Waals surface area contributed by atoms with Crippen LogP contribution in [0.2, 0.25) is 0 Å². The van der Waals surface area contributed by atoms with Crippen molar-refractivity contribution in [1.82, 2.24) is 10.3 Å². The van der Waals surface area contributed by atoms with Crippen molar-refractivity contribution in [3.63, 3.8) is 0 Å². The summed E-state index contributed by atoms with van der Waals surface area (Å²) < 4.78 is 10.7. The van der Waals surface area contributed by atoms with Gasteiger partial charge in [-0.3, -0.25) is 0 Å². The van der Waals surface area contributed by atoms with Crippen molar-refractivity contribution in [3.8, 4) is 11.5 Å². The number of thiocarbonyl (C=S) groups is 1. The molecule has 4 rings (SSSR count). The number of hydrogen-bond acceptors (Lipinski definition) is 3. The predicted octanol–water partition coefficient (Wildman–Crippen LogP) is 4.55. The SMILES string of the molecule is COc1ccc(OC)c(NC(=S)NCc2ccc3[nH]c4c(c3c2)CCCC4)c1. The van der Waals surface area contributed by atoms with Gasteiger partial charge in [0.1, 0.15) is 11.5 Å². The predicted molar refractivity (Wildman–Crippen MR) is 118 cm³/mol. The molecule has 0 saturated heterocycles. The highest BCUT2D eigenvalue weighted by Gasteiger charge is 2.15. The zero-order chi connectivity index (χ0) is 19.5. The Morgan fingerprint density at radius 3 is 2.75 bits per heavy atom. The van der Waals surface area contributed by atoms with Crippen LogP contribution in [0, 0.1) is 0 Å². The molecule has 3 N–H and O–H groups in total. The van der Waals surface area contributed by atoms with Crippen molar-refractivity contribution in [2.24, 2.45) is 0 Å². The lowest BCUT2D eigenvalue weighted by molar-refractivity contribution is 0.405. The molecule has 0 spiro atoms. The van der Waals surface area contributed by atoms with Crippen molar-refractivity contribution in [2.45, 2.75) is 32.2 Å². The van der Waals surface area contributed by atoms with Gasteiger partial charge in [0.2, 0.25) is 0 Å². The number of benzene rings is 2. The smallest absolute Gasteiger partial charge is 0.171 e. The van der Waals surface area contributed by atoms with Crippen LogP contribution in [0.25, 0.3) is 10.9 Å². The molecule has 3 aromatic rings. The van der Waals surface area contributed by atoms with E-state index in [1.807, 2.05) is 18.2 Å². The fraction of sp³-hybridized carbons (Fsp3) is 0.318. The normalized spacial score (nSPS) is 13.1. The average Bonchev–Trinajstić information content (AvgIpc) is 3.10. The van der Waals surface area contributed by atoms with Gasteiger partial charge in [-0.05, 0) is 73.3 Å². The Morgan fingerprint density at radius 2 is 1.93 bits per heavy atom. The van der Waals surface area contributed by atoms with Crippen LogP contribution >= 0.6 is 12.2 Å². The lowest BCUT2D eigenvalue weighted by Gasteiger charge is -2.15. The number of aromatic nitrogens is 1. The maximum atomic E-state index is 5.47. The van der Waals surface area contributed by atoms with Crippen molar-refractivity contribution >= 4 is 33.9 Å². The third-order valence-corrected chi connectivity index (χ3v) is 5.52. The molecule has 0 amide bonds. The quantitative estimate of drug-likeness (QED) is 0.553. The van der Waals surface area contributed by atoms with Crippen molar-refractivity contribution in [3.05, 3.63) is 53.2 Å². The Morgan fingerprint density at radius 1 is 1.07 bits per heavy atom. The third-order valence-electron chi connectivity index (χ3n) is 5.27. The van der Waals surface area contributed by atoms with E-state index in [9.17, 15) is 0 Å². The standard InChI is InChI=1S/C22H25N3O2S/c1-26-15-8-10-21(27-2)20(12-15)25-22(28)23-13-14-7-9-19-17(11-14)16-5-3-4-6-18(16)24-19/h7-12,24H,3-6,13H2,1-2H3,(H2,23,25,28). The van der Waals surface area contributed by atoms with Crippen molar-refractivity contribution in [2.75, 3.05) is 19.5 Å². The first-order valence-electron chi connectivity index (χ1n) is 9.57. The van der Waals surface area contributed by atoms with E-state index in [0.717, 1.165) is 17.9 Å². The van der Waals surface area contributed by atoms with Crippen LogP contribution in [-0.2, 0) is 19.4 Å². The summed E-state index contributed by atoms with van der Waals surface area (Å²) in [6.07, 6.45) is 4.89. The molecule has 1 aromatic heterocycles. The third kappa shape index (κ3) is 3.78. The topological polar surface area (TPSA) is 58.3 Å². The van der Waals surface area contributed by atoms with E-state index in [1.165, 1.54) is 47.0 Å². The van der Waals surface area contributed by atoms with E-state index in [-0.39, 0.29) is 0 Å². The van der Waals surface area contributed by atoms with E-state index in [1.54, 1.807) is 14.2 Å². The fourth-order valence-electron chi connectivity index (χ4n) is 3.82. The molecular formula is C22H25N3O2S. The molecule has 0 fully saturated rings. The number of nitrogens with one attached hydrogen (secondary N) is 3. The molecule has 0 saturated carbocycles. The Hall–Kier alpha value is -2.73. The Labute approximate surface area is 170 Å². The van der Waals surface area contributed by atoms with E-state index in [2.05, 4.69) is 33.8 Å². The van der Waals surface area contributed by atoms with Gasteiger partial charge >= 0.3 is 0 Å². The maximum absolute atomic E-state index is 5.47. The number of methoxy groups -OCH3 is 2. The zero-order valence-electron chi connectivity index (χ0n) is 16.2. The molecule has 0 bridgehead atoms. The summed E-state index contributed by atoms with van der Waals surface area (Å²) in [6.45, 7) is 0.661. The molecule has 5 nitrogen and oxygen atoms in total. The second-order valence-electron chi connectivity index (χ2n) is 7.04. The van der Waals surface area contributed by atoms with Gasteiger partial charge in [0, 0.05) is 29.2 Å². The second kappa shape index (κ2) is 8.10. The first-order valence-corrected chi connectivity index (χ1v) is 9.98. The summed E-state index contributed by atoms with van der Waals surface area (Å²) in [4.78, 5) is 3.58. The molecule has 2 aromatic carbocycles. The molecule has 0 radical (unpaired) electrons. The van der Waals surface area contributed by atoms with Gasteiger partial charge in [-0.15, -0.1) is 0 Å². The summed E-state index contributed by atoms with van der Waals surface area (Å²) in [6, 6.07) is 12.2. The van der Waals surface area contributed by atoms with Gasteiger partial charge in [-0.2, -0.15) is 0 Å². The highest BCUT2D eigenvalue weighted by Crippen LogP contribution is 2.30. The first-order chi connectivity index (χ1) is 13.7. The molecule has 0 unspecified atom stereocenters. The number of H-pyrrole nitrogens is 1. The molecule has 146 valence electrons. The molecule has 1 heterocycles. The van der Waals surface area contributed by atoms with Gasteiger partial charge in [-0.1, -0.05) is 6.07 Å². The molecule has 6 heteroatoms. The Kier molecular flexibility index (Phi) is 5.39. The summed E-state index contributed by atoms with van der Waals surface area (Å²) in [5, 5.41) is 8.38. The van der Waals surface area contributed by atoms with Crippen LogP contribution in [0.3, 0.4) is 0 Å². The van der Waals surface area contributed by atoms with Crippen LogP contribution in [0.15, 0.2) is 36.4 Å². The number of anilines is 1. The van der Waals surface area contributed by atoms with Gasteiger partial charge in [0.05, 0.1) is 19.9 Å². The summed E-state index contributed by atoms with van der Waals surface area (Å²) >= 11 is 5.47. The Balaban J connectivity index is 1.45. The van der Waals surface area contributed by atoms with Crippen molar-refractivity contribution < 1.29 is 9.47 Å². The maximum Gasteiger partial charge on any atom is 0.171 e. The lowest BCUT2D eigenvalue weighted by Crippen LogP contribution is -2.28. The molecule has 1 aliphatic carbocycles. The van der Waals surface area contributed by atoms with Crippen LogP contribution in [0.4, 0.5) is 5.69 Å². The number of ether oxygens (including phenoxy) is 2. The number of hydrogen-bond donors (Lipinski definition) is 3. The molecular weight excluding hydrogens is 370 g/mol. The van der Waals surface area contributed by atoms with Crippen molar-refractivity contribution in [1.29, 1.82) is 0 Å². The van der Waals surface area contributed by atoms with Gasteiger partial charge < -0.3 is 25.1 Å². The Bertz CT molecular complexity index is 1010. The summed E-state index contributed by atoms with van der Waals surface area (Å²) in [7, 11) is 3.27. The molecule has 0 aliphatic heterocycles. The highest BCUT2D eigenvalue weighted by atomic mass is 32.1. The van der Waals surface area contributed by atoms with E-state index < -0.39 is 0 Å². The van der Waals surface area contributed by atoms with E-state index in [0.29, 0.717) is 17.4 Å². The van der Waals surface area contributed by atoms with Gasteiger partial charge in [0.25, 0.3) is 0 Å². The zero-order valence-corrected chi connectivity index (χ0v) is 17.0. The van der Waals surface area contributed by atoms with Crippen LogP contribution < -0.4 is 20.1 Å². The minimum absolute atomic E-state index is 0.544. The first kappa shape index (κ1) is 18.6. The minimum atomic E-state index is 0.544. The largest absolute Gasteiger partial charge is 0.497 e. The van der Waals surface area contributed by atoms with E-state index >= 15 is 0 Å². The number of fused-ring (bicyclic) bond motifs is 3. The van der Waals surface area contributed by atoms with Crippen LogP contribution in [-0.4, -0.2) is 24.3 Å². The van der Waals surface area contributed by atoms with Gasteiger partial charge in [0.15, 0.2) is 5.11 Å². The summed E-state index contributed by atoms with van der Waals surface area (Å²) in [5.74, 6) is 1.46. The minimum Gasteiger partial charge on any atom is -0.497 e. The average molecular weight is 396 g/mol. The number of aromatic amines is 1. The second-order valence-corrected chi connectivity index (χ2v) is 7.45. The van der Waals surface area contributed by atoms with Crippen LogP contribution in [0.5, 0.6) is 11.5 Å². The van der Waals surface area contributed by atoms with Crippen LogP contribution in [0.1, 0.15) is 29.7 Å². The molecule has 0 atom stereocenters. The molecule has 1 aliphatic rings. The number of aryl methyl sites for hydroxylation is 2. The highest BCUT2D eigenvalue weighted by molar-refractivity contribution is 7.80. The monoisotopic (exact) mass is 395 g/mol. The lowest BCUT2D eigenvalue weighted by atomic mass is 9.95. The van der Waals surface area contributed by atoms with E-state index in [4.69, 9.17) is 21.7 Å².